The average Bonchev–Trinajstić information content (AvgIpc) is 3.18. The Kier molecular flexibility index (Phi) is 4.50. The molecule has 1 amide bonds. The van der Waals surface area contributed by atoms with Crippen LogP contribution in [0.4, 0.5) is 0 Å². The molecule has 0 radical (unpaired) electrons. The largest absolute Gasteiger partial charge is 0.361 e. The number of hydrogen-bond acceptors (Lipinski definition) is 4. The van der Waals surface area contributed by atoms with Crippen molar-refractivity contribution in [3.63, 3.8) is 0 Å². The van der Waals surface area contributed by atoms with Crippen molar-refractivity contribution in [2.45, 2.75) is 58.0 Å². The molecule has 1 aromatic heterocycles. The second-order valence-electron chi connectivity index (χ2n) is 8.75. The lowest BCUT2D eigenvalue weighted by molar-refractivity contribution is 0.0579. The van der Waals surface area contributed by atoms with Crippen LogP contribution < -0.4 is 0 Å². The predicted octanol–water partition coefficient (Wildman–Crippen LogP) is 3.25. The Hall–Kier alpha value is -2.14. The van der Waals surface area contributed by atoms with E-state index in [9.17, 15) is 4.79 Å². The molecule has 5 nitrogen and oxygen atoms in total. The van der Waals surface area contributed by atoms with Crippen LogP contribution in [-0.2, 0) is 19.3 Å². The van der Waals surface area contributed by atoms with Crippen molar-refractivity contribution in [1.29, 1.82) is 0 Å². The monoisotopic (exact) mass is 379 g/mol. The van der Waals surface area contributed by atoms with Crippen molar-refractivity contribution in [1.82, 2.24) is 15.0 Å². The van der Waals surface area contributed by atoms with Crippen molar-refractivity contribution in [2.24, 2.45) is 5.92 Å². The number of fused-ring (bicyclic) bond motifs is 5. The molecule has 148 valence electrons. The number of piperidine rings is 1. The summed E-state index contributed by atoms with van der Waals surface area (Å²) in [5.74, 6) is 1.35. The number of nitrogens with zero attached hydrogens (tertiary/aromatic N) is 3. The number of aromatic nitrogens is 1. The minimum absolute atomic E-state index is 0.127. The lowest BCUT2D eigenvalue weighted by atomic mass is 9.94. The van der Waals surface area contributed by atoms with Crippen LogP contribution in [0.15, 0.2) is 28.8 Å². The molecule has 6 rings (SSSR count). The Balaban J connectivity index is 1.36. The maximum atomic E-state index is 13.4. The first-order chi connectivity index (χ1) is 13.6. The van der Waals surface area contributed by atoms with Crippen LogP contribution in [0.25, 0.3) is 0 Å². The van der Waals surface area contributed by atoms with Crippen LogP contribution in [0.3, 0.4) is 0 Å². The fourth-order valence-electron chi connectivity index (χ4n) is 5.54. The van der Waals surface area contributed by atoms with Gasteiger partial charge in [-0.3, -0.25) is 9.69 Å². The molecule has 0 spiro atoms. The standard InChI is InChI=1S/C23H29N3O2/c1-3-21-22(15(2)28-24-21)23(27)26-13-16-8-9-19(26)14-25(12-16)20-10-17-6-4-5-7-18(17)11-20/h4-7,16,19-20H,3,8-14H2,1-2H3/t16-,19+/m0/s1. The molecular weight excluding hydrogens is 350 g/mol. The van der Waals surface area contributed by atoms with Crippen LogP contribution in [0.5, 0.6) is 0 Å². The number of benzene rings is 1. The minimum atomic E-state index is 0.127. The van der Waals surface area contributed by atoms with Gasteiger partial charge in [-0.2, -0.15) is 0 Å². The van der Waals surface area contributed by atoms with Gasteiger partial charge in [0, 0.05) is 31.7 Å². The molecule has 0 N–H and O–H groups in total. The summed E-state index contributed by atoms with van der Waals surface area (Å²) >= 11 is 0. The lowest BCUT2D eigenvalue weighted by Gasteiger charge is -2.36. The van der Waals surface area contributed by atoms with Crippen LogP contribution in [0, 0.1) is 12.8 Å². The van der Waals surface area contributed by atoms with Gasteiger partial charge in [-0.1, -0.05) is 36.3 Å². The van der Waals surface area contributed by atoms with Crippen molar-refractivity contribution in [3.05, 3.63) is 52.4 Å². The van der Waals surface area contributed by atoms with E-state index in [4.69, 9.17) is 4.52 Å². The average molecular weight is 380 g/mol. The Labute approximate surface area is 166 Å². The Bertz CT molecular complexity index is 865. The number of aryl methyl sites for hydroxylation is 2. The van der Waals surface area contributed by atoms with E-state index in [-0.39, 0.29) is 5.91 Å². The summed E-state index contributed by atoms with van der Waals surface area (Å²) in [4.78, 5) is 18.2. The first-order valence-corrected chi connectivity index (χ1v) is 10.7. The first kappa shape index (κ1) is 17.9. The van der Waals surface area contributed by atoms with Gasteiger partial charge >= 0.3 is 0 Å². The van der Waals surface area contributed by atoms with E-state index in [1.165, 1.54) is 17.5 Å². The van der Waals surface area contributed by atoms with E-state index in [1.807, 2.05) is 13.8 Å². The van der Waals surface area contributed by atoms with Crippen LogP contribution >= 0.6 is 0 Å². The molecule has 4 aliphatic rings. The fraction of sp³-hybridized carbons (Fsp3) is 0.565. The molecule has 0 saturated carbocycles. The van der Waals surface area contributed by atoms with Crippen molar-refractivity contribution < 1.29 is 9.32 Å². The molecule has 2 atom stereocenters. The molecule has 28 heavy (non-hydrogen) atoms. The van der Waals surface area contributed by atoms with E-state index in [1.54, 1.807) is 0 Å². The molecule has 5 heteroatoms. The Morgan fingerprint density at radius 2 is 1.86 bits per heavy atom. The van der Waals surface area contributed by atoms with E-state index >= 15 is 0 Å². The quantitative estimate of drug-likeness (QED) is 0.821. The van der Waals surface area contributed by atoms with Crippen LogP contribution in [-0.4, -0.2) is 52.6 Å². The SMILES string of the molecule is CCc1noc(C)c1C(=O)N1C[C@H]2CC[C@@H]1CN(C1Cc3ccccc3C1)C2. The second kappa shape index (κ2) is 7.03. The minimum Gasteiger partial charge on any atom is -0.361 e. The number of carbonyl (C=O) groups is 1. The fourth-order valence-corrected chi connectivity index (χ4v) is 5.54. The molecule has 2 aromatic rings. The molecule has 2 bridgehead atoms. The van der Waals surface area contributed by atoms with Crippen molar-refractivity contribution in [3.8, 4) is 0 Å². The number of hydrogen-bond donors (Lipinski definition) is 0. The van der Waals surface area contributed by atoms with Gasteiger partial charge in [0.15, 0.2) is 0 Å². The highest BCUT2D eigenvalue weighted by Crippen LogP contribution is 2.34. The van der Waals surface area contributed by atoms with Gasteiger partial charge < -0.3 is 9.42 Å². The first-order valence-electron chi connectivity index (χ1n) is 10.7. The number of carbonyl (C=O) groups excluding carboxylic acids is 1. The highest BCUT2D eigenvalue weighted by atomic mass is 16.5. The van der Waals surface area contributed by atoms with Crippen LogP contribution in [0.1, 0.15) is 52.7 Å². The summed E-state index contributed by atoms with van der Waals surface area (Å²) < 4.78 is 5.34. The summed E-state index contributed by atoms with van der Waals surface area (Å²) in [6, 6.07) is 9.74. The molecular formula is C23H29N3O2. The zero-order valence-corrected chi connectivity index (χ0v) is 16.9. The summed E-state index contributed by atoms with van der Waals surface area (Å²) in [7, 11) is 0. The third-order valence-corrected chi connectivity index (χ3v) is 7.03. The lowest BCUT2D eigenvalue weighted by Crippen LogP contribution is -2.48. The second-order valence-corrected chi connectivity index (χ2v) is 8.75. The van der Waals surface area contributed by atoms with Gasteiger partial charge in [0.2, 0.25) is 0 Å². The third-order valence-electron chi connectivity index (χ3n) is 7.03. The Morgan fingerprint density at radius 3 is 2.57 bits per heavy atom. The van der Waals surface area contributed by atoms with Crippen LogP contribution in [0.2, 0.25) is 0 Å². The van der Waals surface area contributed by atoms with Crippen molar-refractivity contribution >= 4 is 5.91 Å². The Morgan fingerprint density at radius 1 is 1.11 bits per heavy atom. The van der Waals surface area contributed by atoms with E-state index < -0.39 is 0 Å². The van der Waals surface area contributed by atoms with Gasteiger partial charge in [0.05, 0.1) is 5.69 Å². The summed E-state index contributed by atoms with van der Waals surface area (Å²) in [5, 5.41) is 4.10. The predicted molar refractivity (Wildman–Crippen MR) is 107 cm³/mol. The molecule has 3 aliphatic heterocycles. The normalized spacial score (nSPS) is 25.1. The van der Waals surface area contributed by atoms with Gasteiger partial charge in [-0.05, 0) is 56.1 Å². The summed E-state index contributed by atoms with van der Waals surface area (Å²) in [6.45, 7) is 6.86. The van der Waals surface area contributed by atoms with E-state index in [0.29, 0.717) is 29.3 Å². The van der Waals surface area contributed by atoms with E-state index in [0.717, 1.165) is 51.0 Å². The summed E-state index contributed by atoms with van der Waals surface area (Å²) in [5.41, 5.74) is 4.51. The highest BCUT2D eigenvalue weighted by molar-refractivity contribution is 5.96. The maximum absolute atomic E-state index is 13.4. The zero-order valence-electron chi connectivity index (χ0n) is 16.9. The molecule has 4 heterocycles. The summed E-state index contributed by atoms with van der Waals surface area (Å²) in [6.07, 6.45) is 5.36. The van der Waals surface area contributed by atoms with Crippen molar-refractivity contribution in [2.75, 3.05) is 19.6 Å². The molecule has 3 saturated heterocycles. The smallest absolute Gasteiger partial charge is 0.259 e. The maximum Gasteiger partial charge on any atom is 0.259 e. The molecule has 1 aliphatic carbocycles. The number of rotatable bonds is 3. The van der Waals surface area contributed by atoms with Gasteiger partial charge in [0.1, 0.15) is 11.3 Å². The van der Waals surface area contributed by atoms with E-state index in [2.05, 4.69) is 39.2 Å². The molecule has 1 aromatic carbocycles. The topological polar surface area (TPSA) is 49.6 Å². The third kappa shape index (κ3) is 2.96. The zero-order chi connectivity index (χ0) is 19.3. The van der Waals surface area contributed by atoms with Gasteiger partial charge in [-0.25, -0.2) is 0 Å². The van der Waals surface area contributed by atoms with Gasteiger partial charge in [0.25, 0.3) is 5.91 Å². The number of amides is 1. The molecule has 0 unspecified atom stereocenters. The molecule has 3 fully saturated rings. The van der Waals surface area contributed by atoms with Gasteiger partial charge in [-0.15, -0.1) is 0 Å². The highest BCUT2D eigenvalue weighted by Gasteiger charge is 2.41.